The molecular formula is C22H23F2N3O3. The molecule has 2 amide bonds. The Morgan fingerprint density at radius 2 is 1.93 bits per heavy atom. The van der Waals surface area contributed by atoms with Crippen molar-refractivity contribution in [1.82, 2.24) is 15.5 Å². The Kier molecular flexibility index (Phi) is 6.06. The second kappa shape index (κ2) is 8.89. The van der Waals surface area contributed by atoms with E-state index in [0.29, 0.717) is 25.1 Å². The number of nitrogens with zero attached hydrogens (tertiary/aromatic N) is 1. The van der Waals surface area contributed by atoms with Crippen LogP contribution in [0.4, 0.5) is 8.78 Å². The van der Waals surface area contributed by atoms with Gasteiger partial charge in [-0.15, -0.1) is 0 Å². The number of hydrogen-bond acceptors (Lipinski definition) is 4. The fraction of sp³-hybridized carbons (Fsp3) is 0.364. The Morgan fingerprint density at radius 3 is 2.70 bits per heavy atom. The van der Waals surface area contributed by atoms with Crippen LogP contribution in [-0.4, -0.2) is 48.0 Å². The zero-order valence-electron chi connectivity index (χ0n) is 16.3. The van der Waals surface area contributed by atoms with Gasteiger partial charge in [-0.05, 0) is 18.1 Å². The lowest BCUT2D eigenvalue weighted by molar-refractivity contribution is -0.148. The molecule has 2 aromatic carbocycles. The molecule has 0 aliphatic carbocycles. The smallest absolute Gasteiger partial charge is 0.248 e. The van der Waals surface area contributed by atoms with Crippen LogP contribution >= 0.6 is 0 Å². The summed E-state index contributed by atoms with van der Waals surface area (Å²) in [6.45, 7) is 1.00. The van der Waals surface area contributed by atoms with Gasteiger partial charge in [0.15, 0.2) is 0 Å². The molecule has 0 unspecified atom stereocenters. The van der Waals surface area contributed by atoms with E-state index in [9.17, 15) is 18.4 Å². The SMILES string of the molecule is O=C1N[C@@H](COCc2ccccc2)C(=O)N2C[C@@H](NCc3ccc(F)cc3F)C[C@@H]12. The van der Waals surface area contributed by atoms with Gasteiger partial charge in [-0.1, -0.05) is 36.4 Å². The molecule has 4 rings (SSSR count). The number of halogens is 2. The van der Waals surface area contributed by atoms with E-state index in [4.69, 9.17) is 4.74 Å². The van der Waals surface area contributed by atoms with Crippen LogP contribution in [0, 0.1) is 11.6 Å². The quantitative estimate of drug-likeness (QED) is 0.723. The standard InChI is InChI=1S/C22H23F2N3O3/c23-16-7-6-15(18(24)8-16)10-25-17-9-20-21(28)26-19(22(29)27(20)11-17)13-30-12-14-4-2-1-3-5-14/h1-8,17,19-20,25H,9-13H2,(H,26,28)/t17-,19-,20-/m0/s1. The molecule has 0 spiro atoms. The first-order valence-electron chi connectivity index (χ1n) is 9.91. The van der Waals surface area contributed by atoms with Crippen LogP contribution in [0.15, 0.2) is 48.5 Å². The molecule has 2 N–H and O–H groups in total. The molecule has 2 heterocycles. The maximum atomic E-state index is 13.8. The first kappa shape index (κ1) is 20.4. The molecule has 0 radical (unpaired) electrons. The number of hydrogen-bond donors (Lipinski definition) is 2. The van der Waals surface area contributed by atoms with Crippen molar-refractivity contribution in [3.05, 3.63) is 71.3 Å². The monoisotopic (exact) mass is 415 g/mol. The van der Waals surface area contributed by atoms with Gasteiger partial charge in [-0.25, -0.2) is 8.78 Å². The normalized spacial score (nSPS) is 23.4. The Bertz CT molecular complexity index is 925. The van der Waals surface area contributed by atoms with E-state index in [2.05, 4.69) is 10.6 Å². The zero-order valence-corrected chi connectivity index (χ0v) is 16.3. The molecule has 8 heteroatoms. The fourth-order valence-electron chi connectivity index (χ4n) is 3.91. The number of carbonyl (C=O) groups excluding carboxylic acids is 2. The molecule has 30 heavy (non-hydrogen) atoms. The molecule has 2 aliphatic rings. The Morgan fingerprint density at radius 1 is 1.13 bits per heavy atom. The van der Waals surface area contributed by atoms with Crippen molar-refractivity contribution in [3.63, 3.8) is 0 Å². The van der Waals surface area contributed by atoms with Crippen LogP contribution in [0.1, 0.15) is 17.5 Å². The number of fused-ring (bicyclic) bond motifs is 1. The predicted octanol–water partition coefficient (Wildman–Crippen LogP) is 1.74. The van der Waals surface area contributed by atoms with Crippen LogP contribution in [0.25, 0.3) is 0 Å². The van der Waals surface area contributed by atoms with Gasteiger partial charge in [0.05, 0.1) is 13.2 Å². The molecular weight excluding hydrogens is 392 g/mol. The summed E-state index contributed by atoms with van der Waals surface area (Å²) in [6, 6.07) is 11.6. The van der Waals surface area contributed by atoms with E-state index in [1.165, 1.54) is 12.1 Å². The highest BCUT2D eigenvalue weighted by atomic mass is 19.1. The van der Waals surface area contributed by atoms with Crippen molar-refractivity contribution in [3.8, 4) is 0 Å². The van der Waals surface area contributed by atoms with Gasteiger partial charge in [-0.3, -0.25) is 9.59 Å². The van der Waals surface area contributed by atoms with Crippen LogP contribution < -0.4 is 10.6 Å². The molecule has 158 valence electrons. The number of nitrogens with one attached hydrogen (secondary N) is 2. The first-order valence-corrected chi connectivity index (χ1v) is 9.91. The summed E-state index contributed by atoms with van der Waals surface area (Å²) in [5, 5.41) is 5.92. The highest BCUT2D eigenvalue weighted by Crippen LogP contribution is 2.23. The van der Waals surface area contributed by atoms with Crippen molar-refractivity contribution in [1.29, 1.82) is 0 Å². The molecule has 2 aliphatic heterocycles. The van der Waals surface area contributed by atoms with Gasteiger partial charge >= 0.3 is 0 Å². The lowest BCUT2D eigenvalue weighted by atomic mass is 10.1. The van der Waals surface area contributed by atoms with E-state index in [1.54, 1.807) is 4.90 Å². The minimum atomic E-state index is -0.717. The van der Waals surface area contributed by atoms with Gasteiger partial charge in [-0.2, -0.15) is 0 Å². The Balaban J connectivity index is 1.31. The van der Waals surface area contributed by atoms with Gasteiger partial charge in [0.2, 0.25) is 11.8 Å². The summed E-state index contributed by atoms with van der Waals surface area (Å²) in [6.07, 6.45) is 0.442. The molecule has 0 aromatic heterocycles. The maximum absolute atomic E-state index is 13.8. The third kappa shape index (κ3) is 4.49. The molecule has 2 fully saturated rings. The molecule has 2 aromatic rings. The minimum Gasteiger partial charge on any atom is -0.374 e. The predicted molar refractivity (Wildman–Crippen MR) is 105 cm³/mol. The van der Waals surface area contributed by atoms with Crippen molar-refractivity contribution < 1.29 is 23.1 Å². The Hall–Kier alpha value is -2.84. The van der Waals surface area contributed by atoms with Gasteiger partial charge in [0.1, 0.15) is 23.7 Å². The largest absolute Gasteiger partial charge is 0.374 e. The van der Waals surface area contributed by atoms with Crippen molar-refractivity contribution in [2.45, 2.75) is 37.7 Å². The number of carbonyl (C=O) groups is 2. The van der Waals surface area contributed by atoms with E-state index in [0.717, 1.165) is 11.6 Å². The van der Waals surface area contributed by atoms with Crippen LogP contribution in [0.3, 0.4) is 0 Å². The average molecular weight is 415 g/mol. The number of benzene rings is 2. The number of rotatable bonds is 7. The van der Waals surface area contributed by atoms with Crippen molar-refractivity contribution in [2.75, 3.05) is 13.2 Å². The van der Waals surface area contributed by atoms with Gasteiger partial charge in [0.25, 0.3) is 0 Å². The summed E-state index contributed by atoms with van der Waals surface area (Å²) in [5.41, 5.74) is 1.33. The molecule has 3 atom stereocenters. The highest BCUT2D eigenvalue weighted by Gasteiger charge is 2.46. The second-order valence-electron chi connectivity index (χ2n) is 7.62. The zero-order chi connectivity index (χ0) is 21.1. The summed E-state index contributed by atoms with van der Waals surface area (Å²) in [5.74, 6) is -1.63. The highest BCUT2D eigenvalue weighted by molar-refractivity contribution is 5.97. The van der Waals surface area contributed by atoms with Crippen molar-refractivity contribution >= 4 is 11.8 Å². The third-order valence-corrected chi connectivity index (χ3v) is 5.49. The van der Waals surface area contributed by atoms with Crippen LogP contribution in [0.2, 0.25) is 0 Å². The number of piperazine rings is 1. The number of ether oxygens (including phenoxy) is 1. The summed E-state index contributed by atoms with van der Waals surface area (Å²) < 4.78 is 32.5. The number of amides is 2. The van der Waals surface area contributed by atoms with E-state index in [-0.39, 0.29) is 31.0 Å². The Labute approximate surface area is 173 Å². The molecule has 0 saturated carbocycles. The van der Waals surface area contributed by atoms with Crippen molar-refractivity contribution in [2.24, 2.45) is 0 Å². The summed E-state index contributed by atoms with van der Waals surface area (Å²) in [7, 11) is 0. The maximum Gasteiger partial charge on any atom is 0.248 e. The lowest BCUT2D eigenvalue weighted by Gasteiger charge is -2.34. The first-order chi connectivity index (χ1) is 14.5. The van der Waals surface area contributed by atoms with E-state index in [1.807, 2.05) is 30.3 Å². The molecule has 6 nitrogen and oxygen atoms in total. The van der Waals surface area contributed by atoms with Gasteiger partial charge < -0.3 is 20.3 Å². The molecule has 0 bridgehead atoms. The molecule has 2 saturated heterocycles. The lowest BCUT2D eigenvalue weighted by Crippen LogP contribution is -2.62. The minimum absolute atomic E-state index is 0.0988. The summed E-state index contributed by atoms with van der Waals surface area (Å²) >= 11 is 0. The van der Waals surface area contributed by atoms with Crippen LogP contribution in [0.5, 0.6) is 0 Å². The third-order valence-electron chi connectivity index (χ3n) is 5.49. The van der Waals surface area contributed by atoms with Gasteiger partial charge in [0, 0.05) is 30.8 Å². The fourth-order valence-corrected chi connectivity index (χ4v) is 3.91. The van der Waals surface area contributed by atoms with Crippen LogP contribution in [-0.2, 0) is 27.5 Å². The summed E-state index contributed by atoms with van der Waals surface area (Å²) in [4.78, 5) is 26.9. The second-order valence-corrected chi connectivity index (χ2v) is 7.62. The average Bonchev–Trinajstić information content (AvgIpc) is 3.17. The van der Waals surface area contributed by atoms with E-state index < -0.39 is 23.7 Å². The topological polar surface area (TPSA) is 70.7 Å². The van der Waals surface area contributed by atoms with E-state index >= 15 is 0 Å².